The minimum Gasteiger partial charge on any atom is -0.476 e. The number of pyridine rings is 1. The number of rotatable bonds is 7. The highest BCUT2D eigenvalue weighted by Crippen LogP contribution is 2.13. The minimum atomic E-state index is 0.488. The maximum atomic E-state index is 5.86. The summed E-state index contributed by atoms with van der Waals surface area (Å²) in [6.07, 6.45) is 4.03. The van der Waals surface area contributed by atoms with Crippen LogP contribution in [0.3, 0.4) is 0 Å². The molecule has 0 radical (unpaired) electrons. The second-order valence-corrected chi connectivity index (χ2v) is 6.24. The lowest BCUT2D eigenvalue weighted by Crippen LogP contribution is -2.33. The van der Waals surface area contributed by atoms with Crippen LogP contribution < -0.4 is 10.1 Å². The third kappa shape index (κ3) is 6.02. The van der Waals surface area contributed by atoms with E-state index in [4.69, 9.17) is 4.74 Å². The first kappa shape index (κ1) is 16.2. The van der Waals surface area contributed by atoms with Crippen LogP contribution in [0.25, 0.3) is 0 Å². The Balaban J connectivity index is 1.81. The molecular weight excluding hydrogens is 262 g/mol. The smallest absolute Gasteiger partial charge is 0.213 e. The van der Waals surface area contributed by atoms with Crippen LogP contribution in [0.5, 0.6) is 5.88 Å². The lowest BCUT2D eigenvalue weighted by Gasteiger charge is -2.26. The predicted octanol–water partition coefficient (Wildman–Crippen LogP) is 2.75. The van der Waals surface area contributed by atoms with E-state index in [2.05, 4.69) is 41.2 Å². The van der Waals surface area contributed by atoms with Gasteiger partial charge >= 0.3 is 0 Å². The van der Waals surface area contributed by atoms with Gasteiger partial charge in [-0.2, -0.15) is 0 Å². The number of hydrogen-bond acceptors (Lipinski definition) is 4. The topological polar surface area (TPSA) is 37.4 Å². The van der Waals surface area contributed by atoms with Crippen molar-refractivity contribution in [3.8, 4) is 5.88 Å². The van der Waals surface area contributed by atoms with Crippen molar-refractivity contribution in [3.05, 3.63) is 23.4 Å². The number of ether oxygens (including phenoxy) is 1. The zero-order valence-electron chi connectivity index (χ0n) is 13.7. The van der Waals surface area contributed by atoms with Gasteiger partial charge in [0.1, 0.15) is 6.61 Å². The molecule has 1 aromatic rings. The van der Waals surface area contributed by atoms with Gasteiger partial charge in [-0.1, -0.05) is 20.3 Å². The lowest BCUT2D eigenvalue weighted by atomic mass is 10.1. The van der Waals surface area contributed by atoms with E-state index in [1.807, 2.05) is 6.92 Å². The molecule has 2 rings (SSSR count). The Bertz CT molecular complexity index is 428. The molecule has 1 aliphatic rings. The van der Waals surface area contributed by atoms with Crippen LogP contribution in [-0.2, 0) is 6.54 Å². The second kappa shape index (κ2) is 8.35. The molecule has 1 saturated heterocycles. The predicted molar refractivity (Wildman–Crippen MR) is 86.7 cm³/mol. The van der Waals surface area contributed by atoms with Gasteiger partial charge in [-0.15, -0.1) is 0 Å². The maximum absolute atomic E-state index is 5.86. The highest BCUT2D eigenvalue weighted by Gasteiger charge is 2.10. The molecule has 0 unspecified atom stereocenters. The van der Waals surface area contributed by atoms with Crippen molar-refractivity contribution in [3.63, 3.8) is 0 Å². The van der Waals surface area contributed by atoms with Crippen LogP contribution in [0, 0.1) is 6.92 Å². The van der Waals surface area contributed by atoms with Gasteiger partial charge in [0.2, 0.25) is 5.88 Å². The Morgan fingerprint density at radius 2 is 2.00 bits per heavy atom. The monoisotopic (exact) mass is 291 g/mol. The molecule has 0 aromatic carbocycles. The van der Waals surface area contributed by atoms with Crippen LogP contribution >= 0.6 is 0 Å². The first-order valence-corrected chi connectivity index (χ1v) is 8.19. The van der Waals surface area contributed by atoms with Crippen molar-refractivity contribution < 1.29 is 4.74 Å². The van der Waals surface area contributed by atoms with E-state index in [1.165, 1.54) is 37.9 Å². The summed E-state index contributed by atoms with van der Waals surface area (Å²) in [6.45, 7) is 11.4. The zero-order valence-corrected chi connectivity index (χ0v) is 13.7. The fourth-order valence-corrected chi connectivity index (χ4v) is 2.67. The summed E-state index contributed by atoms with van der Waals surface area (Å²) in [4.78, 5) is 6.96. The average Bonchev–Trinajstić information content (AvgIpc) is 2.46. The number of aromatic nitrogens is 1. The Morgan fingerprint density at radius 1 is 1.24 bits per heavy atom. The lowest BCUT2D eigenvalue weighted by molar-refractivity contribution is 0.180. The van der Waals surface area contributed by atoms with Crippen LogP contribution in [0.2, 0.25) is 0 Å². The molecule has 21 heavy (non-hydrogen) atoms. The summed E-state index contributed by atoms with van der Waals surface area (Å²) in [5.74, 6) is 0.757. The molecule has 1 aliphatic heterocycles. The molecule has 0 bridgehead atoms. The van der Waals surface area contributed by atoms with Gasteiger partial charge in [0.05, 0.1) is 0 Å². The molecule has 4 heteroatoms. The molecule has 1 fully saturated rings. The molecule has 2 heterocycles. The van der Waals surface area contributed by atoms with E-state index in [-0.39, 0.29) is 0 Å². The number of likely N-dealkylation sites (tertiary alicyclic amines) is 1. The molecule has 1 aromatic heterocycles. The van der Waals surface area contributed by atoms with E-state index in [1.54, 1.807) is 0 Å². The van der Waals surface area contributed by atoms with Gasteiger partial charge in [0.15, 0.2) is 0 Å². The van der Waals surface area contributed by atoms with Gasteiger partial charge in [0.25, 0.3) is 0 Å². The molecular formula is C17H29N3O. The second-order valence-electron chi connectivity index (χ2n) is 6.24. The van der Waals surface area contributed by atoms with Crippen molar-refractivity contribution in [1.82, 2.24) is 15.2 Å². The molecule has 1 N–H and O–H groups in total. The third-order valence-corrected chi connectivity index (χ3v) is 3.81. The van der Waals surface area contributed by atoms with E-state index < -0.39 is 0 Å². The number of aryl methyl sites for hydroxylation is 1. The highest BCUT2D eigenvalue weighted by molar-refractivity contribution is 5.24. The van der Waals surface area contributed by atoms with E-state index in [0.717, 1.165) is 31.3 Å². The minimum absolute atomic E-state index is 0.488. The Hall–Kier alpha value is -1.13. The van der Waals surface area contributed by atoms with E-state index >= 15 is 0 Å². The molecule has 118 valence electrons. The SMILES string of the molecule is Cc1cc(CNC(C)C)cc(OCCN2CCCCC2)n1. The first-order valence-electron chi connectivity index (χ1n) is 8.19. The Kier molecular flexibility index (Phi) is 6.46. The zero-order chi connectivity index (χ0) is 15.1. The maximum Gasteiger partial charge on any atom is 0.213 e. The molecule has 0 saturated carbocycles. The van der Waals surface area contributed by atoms with Gasteiger partial charge in [-0.3, -0.25) is 4.90 Å². The molecule has 0 atom stereocenters. The first-order chi connectivity index (χ1) is 10.1. The number of piperidine rings is 1. The van der Waals surface area contributed by atoms with E-state index in [0.29, 0.717) is 6.04 Å². The summed E-state index contributed by atoms with van der Waals surface area (Å²) < 4.78 is 5.86. The molecule has 4 nitrogen and oxygen atoms in total. The standard InChI is InChI=1S/C17H29N3O/c1-14(2)18-13-16-11-15(3)19-17(12-16)21-10-9-20-7-5-4-6-8-20/h11-12,14,18H,4-10,13H2,1-3H3. The van der Waals surface area contributed by atoms with Crippen LogP contribution in [0.1, 0.15) is 44.4 Å². The normalized spacial score (nSPS) is 16.4. The summed E-state index contributed by atoms with van der Waals surface area (Å²) in [7, 11) is 0. The summed E-state index contributed by atoms with van der Waals surface area (Å²) in [5, 5.41) is 3.43. The Morgan fingerprint density at radius 3 is 2.71 bits per heavy atom. The Labute approximate surface area is 128 Å². The summed E-state index contributed by atoms with van der Waals surface area (Å²) in [6, 6.07) is 4.66. The van der Waals surface area contributed by atoms with Crippen LogP contribution in [0.15, 0.2) is 12.1 Å². The fraction of sp³-hybridized carbons (Fsp3) is 0.706. The van der Waals surface area contributed by atoms with Gasteiger partial charge in [0, 0.05) is 30.9 Å². The van der Waals surface area contributed by atoms with Crippen molar-refractivity contribution >= 4 is 0 Å². The largest absolute Gasteiger partial charge is 0.476 e. The third-order valence-electron chi connectivity index (χ3n) is 3.81. The van der Waals surface area contributed by atoms with Gasteiger partial charge in [-0.05, 0) is 44.5 Å². The summed E-state index contributed by atoms with van der Waals surface area (Å²) in [5.41, 5.74) is 2.26. The average molecular weight is 291 g/mol. The van der Waals surface area contributed by atoms with Crippen LogP contribution in [-0.4, -0.2) is 42.2 Å². The van der Waals surface area contributed by atoms with Crippen molar-refractivity contribution in [1.29, 1.82) is 0 Å². The highest BCUT2D eigenvalue weighted by atomic mass is 16.5. The van der Waals surface area contributed by atoms with Crippen molar-refractivity contribution in [2.45, 2.75) is 52.6 Å². The quantitative estimate of drug-likeness (QED) is 0.838. The van der Waals surface area contributed by atoms with Crippen molar-refractivity contribution in [2.24, 2.45) is 0 Å². The van der Waals surface area contributed by atoms with Gasteiger partial charge < -0.3 is 10.1 Å². The number of hydrogen-bond donors (Lipinski definition) is 1. The molecule has 0 aliphatic carbocycles. The number of nitrogens with one attached hydrogen (secondary N) is 1. The van der Waals surface area contributed by atoms with Crippen molar-refractivity contribution in [2.75, 3.05) is 26.2 Å². The number of nitrogens with zero attached hydrogens (tertiary/aromatic N) is 2. The fourth-order valence-electron chi connectivity index (χ4n) is 2.67. The summed E-state index contributed by atoms with van der Waals surface area (Å²) >= 11 is 0. The van der Waals surface area contributed by atoms with E-state index in [9.17, 15) is 0 Å². The molecule has 0 amide bonds. The van der Waals surface area contributed by atoms with Crippen LogP contribution in [0.4, 0.5) is 0 Å². The van der Waals surface area contributed by atoms with Gasteiger partial charge in [-0.25, -0.2) is 4.98 Å². The molecule has 0 spiro atoms.